The molecule has 6 heteroatoms. The highest BCUT2D eigenvalue weighted by atomic mass is 16.5. The smallest absolute Gasteiger partial charge is 0.257 e. The number of anilines is 2. The second-order valence-corrected chi connectivity index (χ2v) is 3.54. The number of ether oxygens (including phenoxy) is 1. The van der Waals surface area contributed by atoms with Crippen LogP contribution in [0.2, 0.25) is 0 Å². The second-order valence-electron chi connectivity index (χ2n) is 3.54. The lowest BCUT2D eigenvalue weighted by atomic mass is 10.2. The number of hydrogen-bond acceptors (Lipinski definition) is 5. The van der Waals surface area contributed by atoms with Crippen molar-refractivity contribution in [2.24, 2.45) is 0 Å². The van der Waals surface area contributed by atoms with Gasteiger partial charge in [0.05, 0.1) is 13.3 Å². The Bertz CT molecular complexity index is 557. The van der Waals surface area contributed by atoms with E-state index in [9.17, 15) is 4.79 Å². The number of benzene rings is 1. The van der Waals surface area contributed by atoms with Gasteiger partial charge in [-0.25, -0.2) is 4.98 Å². The molecule has 0 saturated carbocycles. The van der Waals surface area contributed by atoms with Gasteiger partial charge >= 0.3 is 0 Å². The summed E-state index contributed by atoms with van der Waals surface area (Å²) in [6, 6.07) is 4.80. The lowest BCUT2D eigenvalue weighted by Gasteiger charge is -2.07. The normalized spacial score (nSPS) is 9.83. The first kappa shape index (κ1) is 11.8. The van der Waals surface area contributed by atoms with Crippen LogP contribution in [0.5, 0.6) is 5.75 Å². The first-order valence-electron chi connectivity index (χ1n) is 5.21. The molecule has 0 radical (unpaired) electrons. The summed E-state index contributed by atoms with van der Waals surface area (Å²) >= 11 is 0. The van der Waals surface area contributed by atoms with Crippen LogP contribution in [0.15, 0.2) is 36.8 Å². The number of hydrogen-bond donors (Lipinski definition) is 2. The Hall–Kier alpha value is -2.63. The van der Waals surface area contributed by atoms with E-state index in [1.165, 1.54) is 25.7 Å². The van der Waals surface area contributed by atoms with Crippen LogP contribution in [-0.4, -0.2) is 23.0 Å². The average Bonchev–Trinajstić information content (AvgIpc) is 2.39. The van der Waals surface area contributed by atoms with Gasteiger partial charge in [0.2, 0.25) is 0 Å². The van der Waals surface area contributed by atoms with Gasteiger partial charge in [-0.05, 0) is 12.1 Å². The average molecular weight is 244 g/mol. The molecule has 0 saturated heterocycles. The number of methoxy groups -OCH3 is 1. The zero-order valence-corrected chi connectivity index (χ0v) is 9.75. The molecule has 0 spiro atoms. The Kier molecular flexibility index (Phi) is 3.38. The van der Waals surface area contributed by atoms with Gasteiger partial charge in [0.1, 0.15) is 5.75 Å². The third kappa shape index (κ3) is 2.73. The first-order valence-corrected chi connectivity index (χ1v) is 5.21. The predicted octanol–water partition coefficient (Wildman–Crippen LogP) is 1.32. The van der Waals surface area contributed by atoms with E-state index in [0.717, 1.165) is 0 Å². The summed E-state index contributed by atoms with van der Waals surface area (Å²) in [7, 11) is 1.51. The van der Waals surface area contributed by atoms with E-state index in [4.69, 9.17) is 10.5 Å². The number of nitrogen functional groups attached to an aromatic ring is 1. The molecule has 0 unspecified atom stereocenters. The third-order valence-electron chi connectivity index (χ3n) is 2.23. The van der Waals surface area contributed by atoms with Crippen LogP contribution < -0.4 is 15.8 Å². The van der Waals surface area contributed by atoms with E-state index in [1.807, 2.05) is 0 Å². The molecule has 18 heavy (non-hydrogen) atoms. The summed E-state index contributed by atoms with van der Waals surface area (Å²) in [5.41, 5.74) is 6.54. The molecule has 2 aromatic rings. The maximum atomic E-state index is 11.9. The predicted molar refractivity (Wildman–Crippen MR) is 67.4 cm³/mol. The maximum absolute atomic E-state index is 11.9. The third-order valence-corrected chi connectivity index (χ3v) is 2.23. The largest absolute Gasteiger partial charge is 0.497 e. The van der Waals surface area contributed by atoms with Gasteiger partial charge in [-0.3, -0.25) is 9.78 Å². The molecular formula is C12H12N4O2. The summed E-state index contributed by atoms with van der Waals surface area (Å²) in [5, 5.41) is 2.61. The second kappa shape index (κ2) is 5.13. The van der Waals surface area contributed by atoms with Gasteiger partial charge < -0.3 is 15.8 Å². The number of nitrogens with two attached hydrogens (primary N) is 1. The highest BCUT2D eigenvalue weighted by Gasteiger charge is 2.09. The van der Waals surface area contributed by atoms with Crippen LogP contribution >= 0.6 is 0 Å². The van der Waals surface area contributed by atoms with Crippen LogP contribution in [0.3, 0.4) is 0 Å². The molecule has 92 valence electrons. The van der Waals surface area contributed by atoms with Crippen LogP contribution in [0.1, 0.15) is 10.4 Å². The van der Waals surface area contributed by atoms with Gasteiger partial charge in [0.15, 0.2) is 5.82 Å². The number of nitrogens with one attached hydrogen (secondary N) is 1. The van der Waals surface area contributed by atoms with Gasteiger partial charge in [-0.15, -0.1) is 0 Å². The molecule has 0 atom stereocenters. The molecule has 1 heterocycles. The Balaban J connectivity index is 2.21. The monoisotopic (exact) mass is 244 g/mol. The summed E-state index contributed by atoms with van der Waals surface area (Å²) in [4.78, 5) is 19.8. The fourth-order valence-electron chi connectivity index (χ4n) is 1.42. The summed E-state index contributed by atoms with van der Waals surface area (Å²) < 4.78 is 5.05. The zero-order chi connectivity index (χ0) is 13.0. The van der Waals surface area contributed by atoms with Gasteiger partial charge in [0.25, 0.3) is 5.91 Å². The highest BCUT2D eigenvalue weighted by Crippen LogP contribution is 2.19. The molecule has 6 nitrogen and oxygen atoms in total. The number of nitrogens with zero attached hydrogens (tertiary/aromatic N) is 2. The zero-order valence-electron chi connectivity index (χ0n) is 9.75. The quantitative estimate of drug-likeness (QED) is 0.795. The van der Waals surface area contributed by atoms with Gasteiger partial charge in [-0.1, -0.05) is 0 Å². The SMILES string of the molecule is COc1cc(N)cc(C(=O)Nc2cnccn2)c1. The Morgan fingerprint density at radius 2 is 2.17 bits per heavy atom. The van der Waals surface area contributed by atoms with Gasteiger partial charge in [-0.2, -0.15) is 0 Å². The topological polar surface area (TPSA) is 90.1 Å². The van der Waals surface area contributed by atoms with Gasteiger partial charge in [0, 0.05) is 29.7 Å². The molecule has 0 aliphatic heterocycles. The van der Waals surface area contributed by atoms with Crippen molar-refractivity contribution in [2.45, 2.75) is 0 Å². The van der Waals surface area contributed by atoms with Crippen molar-refractivity contribution in [1.29, 1.82) is 0 Å². The number of aromatic nitrogens is 2. The fraction of sp³-hybridized carbons (Fsp3) is 0.0833. The number of amides is 1. The fourth-order valence-corrected chi connectivity index (χ4v) is 1.42. The number of carbonyl (C=O) groups excluding carboxylic acids is 1. The molecule has 0 fully saturated rings. The molecule has 0 aliphatic rings. The van der Waals surface area contributed by atoms with Crippen LogP contribution in [0.25, 0.3) is 0 Å². The summed E-state index contributed by atoms with van der Waals surface area (Å²) in [6.45, 7) is 0. The van der Waals surface area contributed by atoms with Crippen molar-refractivity contribution in [3.63, 3.8) is 0 Å². The standard InChI is InChI=1S/C12H12N4O2/c1-18-10-5-8(4-9(13)6-10)12(17)16-11-7-14-2-3-15-11/h2-7H,13H2,1H3,(H,15,16,17). The Morgan fingerprint density at radius 3 is 2.83 bits per heavy atom. The molecule has 1 aromatic heterocycles. The molecule has 3 N–H and O–H groups in total. The summed E-state index contributed by atoms with van der Waals surface area (Å²) in [6.07, 6.45) is 4.48. The van der Waals surface area contributed by atoms with E-state index in [1.54, 1.807) is 18.2 Å². The van der Waals surface area contributed by atoms with E-state index < -0.39 is 0 Å². The van der Waals surface area contributed by atoms with E-state index in [-0.39, 0.29) is 5.91 Å². The minimum Gasteiger partial charge on any atom is -0.497 e. The molecule has 2 rings (SSSR count). The van der Waals surface area contributed by atoms with E-state index in [0.29, 0.717) is 22.8 Å². The minimum absolute atomic E-state index is 0.318. The van der Waals surface area contributed by atoms with Crippen molar-refractivity contribution in [2.75, 3.05) is 18.2 Å². The molecular weight excluding hydrogens is 232 g/mol. The number of carbonyl (C=O) groups is 1. The molecule has 1 amide bonds. The van der Waals surface area contributed by atoms with Crippen LogP contribution in [0.4, 0.5) is 11.5 Å². The lowest BCUT2D eigenvalue weighted by Crippen LogP contribution is -2.13. The van der Waals surface area contributed by atoms with E-state index in [2.05, 4.69) is 15.3 Å². The summed E-state index contributed by atoms with van der Waals surface area (Å²) in [5.74, 6) is 0.587. The van der Waals surface area contributed by atoms with Crippen molar-refractivity contribution in [3.05, 3.63) is 42.4 Å². The molecule has 0 aliphatic carbocycles. The van der Waals surface area contributed by atoms with Crippen molar-refractivity contribution in [1.82, 2.24) is 9.97 Å². The molecule has 0 bridgehead atoms. The first-order chi connectivity index (χ1) is 8.69. The van der Waals surface area contributed by atoms with Crippen molar-refractivity contribution in [3.8, 4) is 5.75 Å². The Labute approximate surface area is 104 Å². The van der Waals surface area contributed by atoms with Crippen molar-refractivity contribution >= 4 is 17.4 Å². The number of rotatable bonds is 3. The Morgan fingerprint density at radius 1 is 1.33 bits per heavy atom. The van der Waals surface area contributed by atoms with Crippen LogP contribution in [-0.2, 0) is 0 Å². The maximum Gasteiger partial charge on any atom is 0.257 e. The highest BCUT2D eigenvalue weighted by molar-refractivity contribution is 6.04. The van der Waals surface area contributed by atoms with E-state index >= 15 is 0 Å². The minimum atomic E-state index is -0.318. The molecule has 1 aromatic carbocycles. The lowest BCUT2D eigenvalue weighted by molar-refractivity contribution is 0.102. The van der Waals surface area contributed by atoms with Crippen LogP contribution in [0, 0.1) is 0 Å². The van der Waals surface area contributed by atoms with Crippen molar-refractivity contribution < 1.29 is 9.53 Å².